The number of rotatable bonds is 6. The molecule has 1 aliphatic rings. The number of carbonyl (C=O) groups is 1. The molecule has 0 aromatic heterocycles. The summed E-state index contributed by atoms with van der Waals surface area (Å²) in [6.45, 7) is 1.94. The van der Waals surface area contributed by atoms with Crippen molar-refractivity contribution in [2.24, 2.45) is 5.10 Å². The molecule has 0 unspecified atom stereocenters. The number of hydrazone groups is 1. The van der Waals surface area contributed by atoms with Gasteiger partial charge < -0.3 is 10.1 Å². The summed E-state index contributed by atoms with van der Waals surface area (Å²) in [7, 11) is -4.04. The van der Waals surface area contributed by atoms with E-state index in [2.05, 4.69) is 10.4 Å². The maximum atomic E-state index is 13.2. The fraction of sp³-hybridized carbons (Fsp3) is 0.130. The van der Waals surface area contributed by atoms with Gasteiger partial charge in [0.25, 0.3) is 10.0 Å². The molecule has 7 nitrogen and oxygen atoms in total. The number of ether oxygens (including phenoxy) is 1. The Labute approximate surface area is 191 Å². The fourth-order valence-corrected chi connectivity index (χ4v) is 4.85. The Morgan fingerprint density at radius 1 is 1.06 bits per heavy atom. The van der Waals surface area contributed by atoms with E-state index in [1.807, 2.05) is 37.3 Å². The van der Waals surface area contributed by atoms with Crippen LogP contribution in [-0.4, -0.2) is 37.6 Å². The van der Waals surface area contributed by atoms with Gasteiger partial charge in [-0.2, -0.15) is 17.9 Å². The number of nitrogens with one attached hydrogen (secondary N) is 1. The number of nitrogens with zero attached hydrogens (tertiary/aromatic N) is 2. The number of anilines is 1. The van der Waals surface area contributed by atoms with E-state index in [9.17, 15) is 13.2 Å². The van der Waals surface area contributed by atoms with Crippen molar-refractivity contribution in [3.05, 3.63) is 88.9 Å². The van der Waals surface area contributed by atoms with Gasteiger partial charge in [0, 0.05) is 21.8 Å². The molecule has 3 aromatic rings. The van der Waals surface area contributed by atoms with Crippen LogP contribution in [-0.2, 0) is 14.8 Å². The highest BCUT2D eigenvalue weighted by atomic mass is 35.5. The molecule has 0 aliphatic carbocycles. The molecule has 1 heterocycles. The van der Waals surface area contributed by atoms with Crippen LogP contribution in [0, 0.1) is 0 Å². The van der Waals surface area contributed by atoms with Crippen LogP contribution in [0.4, 0.5) is 5.69 Å². The second-order valence-corrected chi connectivity index (χ2v) is 9.19. The maximum absolute atomic E-state index is 13.2. The van der Waals surface area contributed by atoms with Gasteiger partial charge >= 0.3 is 0 Å². The van der Waals surface area contributed by atoms with Crippen molar-refractivity contribution in [2.45, 2.75) is 11.8 Å². The Hall–Kier alpha value is -3.36. The number of hydrogen-bond donors (Lipinski definition) is 1. The van der Waals surface area contributed by atoms with Gasteiger partial charge in [-0.3, -0.25) is 4.79 Å². The van der Waals surface area contributed by atoms with E-state index in [4.69, 9.17) is 16.3 Å². The number of amides is 1. The SMILES string of the molecule is CCOc1ccc(NC(=O)CN2N=C(c3ccccc3)c3cc(Cl)ccc3S2(=O)=O)cc1. The molecule has 0 bridgehead atoms. The first-order valence-corrected chi connectivity index (χ1v) is 11.7. The Kier molecular flexibility index (Phi) is 6.16. The van der Waals surface area contributed by atoms with Gasteiger partial charge in [-0.05, 0) is 49.4 Å². The van der Waals surface area contributed by atoms with Gasteiger partial charge in [0.2, 0.25) is 5.91 Å². The number of carbonyl (C=O) groups excluding carboxylic acids is 1. The van der Waals surface area contributed by atoms with Crippen LogP contribution in [0.1, 0.15) is 18.1 Å². The quantitative estimate of drug-likeness (QED) is 0.587. The molecule has 9 heteroatoms. The molecule has 0 radical (unpaired) electrons. The minimum absolute atomic E-state index is 0.0459. The van der Waals surface area contributed by atoms with E-state index in [0.717, 1.165) is 4.41 Å². The van der Waals surface area contributed by atoms with Crippen molar-refractivity contribution < 1.29 is 17.9 Å². The van der Waals surface area contributed by atoms with E-state index >= 15 is 0 Å². The van der Waals surface area contributed by atoms with Gasteiger partial charge in [-0.15, -0.1) is 0 Å². The van der Waals surface area contributed by atoms with E-state index in [0.29, 0.717) is 39.9 Å². The van der Waals surface area contributed by atoms with Crippen LogP contribution in [0.2, 0.25) is 5.02 Å². The van der Waals surface area contributed by atoms with Gasteiger partial charge in [0.05, 0.1) is 11.5 Å². The fourth-order valence-electron chi connectivity index (χ4n) is 3.30. The second-order valence-electron chi connectivity index (χ2n) is 6.95. The topological polar surface area (TPSA) is 88.1 Å². The zero-order valence-electron chi connectivity index (χ0n) is 17.2. The van der Waals surface area contributed by atoms with E-state index < -0.39 is 22.5 Å². The number of benzene rings is 3. The largest absolute Gasteiger partial charge is 0.494 e. The summed E-state index contributed by atoms with van der Waals surface area (Å²) in [4.78, 5) is 12.7. The number of fused-ring (bicyclic) bond motifs is 1. The van der Waals surface area contributed by atoms with Crippen molar-refractivity contribution in [1.29, 1.82) is 0 Å². The number of sulfonamides is 1. The minimum atomic E-state index is -4.04. The first kappa shape index (κ1) is 21.9. The first-order chi connectivity index (χ1) is 15.4. The summed E-state index contributed by atoms with van der Waals surface area (Å²) >= 11 is 6.13. The van der Waals surface area contributed by atoms with E-state index in [-0.39, 0.29) is 4.90 Å². The predicted molar refractivity (Wildman–Crippen MR) is 124 cm³/mol. The molecule has 3 aromatic carbocycles. The van der Waals surface area contributed by atoms with Crippen molar-refractivity contribution in [3.63, 3.8) is 0 Å². The summed E-state index contributed by atoms with van der Waals surface area (Å²) < 4.78 is 32.5. The van der Waals surface area contributed by atoms with Crippen LogP contribution in [0.3, 0.4) is 0 Å². The third kappa shape index (κ3) is 4.46. The molecule has 4 rings (SSSR count). The molecule has 0 fully saturated rings. The lowest BCUT2D eigenvalue weighted by atomic mass is 10.0. The third-order valence-electron chi connectivity index (χ3n) is 4.74. The van der Waals surface area contributed by atoms with Crippen molar-refractivity contribution >= 4 is 38.9 Å². The highest BCUT2D eigenvalue weighted by Gasteiger charge is 2.34. The minimum Gasteiger partial charge on any atom is -0.494 e. The van der Waals surface area contributed by atoms with Crippen molar-refractivity contribution in [2.75, 3.05) is 18.5 Å². The summed E-state index contributed by atoms with van der Waals surface area (Å²) in [5.74, 6) is 0.155. The third-order valence-corrected chi connectivity index (χ3v) is 6.65. The molecular formula is C23H20ClN3O4S. The normalized spacial score (nSPS) is 14.3. The molecule has 0 saturated carbocycles. The summed E-state index contributed by atoms with van der Waals surface area (Å²) in [6, 6.07) is 20.5. The molecule has 1 aliphatic heterocycles. The van der Waals surface area contributed by atoms with Crippen molar-refractivity contribution in [3.8, 4) is 5.75 Å². The molecule has 32 heavy (non-hydrogen) atoms. The molecule has 0 spiro atoms. The van der Waals surface area contributed by atoms with Gasteiger partial charge in [-0.1, -0.05) is 41.9 Å². The standard InChI is InChI=1S/C23H20ClN3O4S/c1-2-31-19-11-9-18(10-12-19)25-22(28)15-27-26-23(16-6-4-3-5-7-16)20-14-17(24)8-13-21(20)32(27,29)30/h3-14H,2,15H2,1H3,(H,25,28). The van der Waals surface area contributed by atoms with E-state index in [1.165, 1.54) is 12.1 Å². The monoisotopic (exact) mass is 469 g/mol. The Balaban J connectivity index is 1.64. The highest BCUT2D eigenvalue weighted by Crippen LogP contribution is 2.31. The van der Waals surface area contributed by atoms with Crippen LogP contribution in [0.25, 0.3) is 0 Å². The van der Waals surface area contributed by atoms with Crippen LogP contribution >= 0.6 is 11.6 Å². The average Bonchev–Trinajstić information content (AvgIpc) is 2.77. The van der Waals surface area contributed by atoms with Crippen LogP contribution < -0.4 is 10.1 Å². The zero-order chi connectivity index (χ0) is 22.7. The lowest BCUT2D eigenvalue weighted by Crippen LogP contribution is -2.38. The van der Waals surface area contributed by atoms with Gasteiger partial charge in [-0.25, -0.2) is 0 Å². The lowest BCUT2D eigenvalue weighted by Gasteiger charge is -2.27. The van der Waals surface area contributed by atoms with Crippen LogP contribution in [0.5, 0.6) is 5.75 Å². The average molecular weight is 470 g/mol. The zero-order valence-corrected chi connectivity index (χ0v) is 18.7. The smallest absolute Gasteiger partial charge is 0.280 e. The molecular weight excluding hydrogens is 450 g/mol. The van der Waals surface area contributed by atoms with E-state index in [1.54, 1.807) is 30.3 Å². The molecule has 1 N–H and O–H groups in total. The Bertz CT molecular complexity index is 1280. The van der Waals surface area contributed by atoms with Crippen LogP contribution in [0.15, 0.2) is 82.8 Å². The maximum Gasteiger partial charge on any atom is 0.280 e. The molecule has 164 valence electrons. The number of hydrogen-bond acceptors (Lipinski definition) is 5. The number of halogens is 1. The Morgan fingerprint density at radius 3 is 2.47 bits per heavy atom. The predicted octanol–water partition coefficient (Wildman–Crippen LogP) is 4.13. The van der Waals surface area contributed by atoms with Crippen molar-refractivity contribution in [1.82, 2.24) is 4.41 Å². The molecule has 1 amide bonds. The molecule has 0 atom stereocenters. The highest BCUT2D eigenvalue weighted by molar-refractivity contribution is 7.89. The summed E-state index contributed by atoms with van der Waals surface area (Å²) in [5.41, 5.74) is 2.05. The summed E-state index contributed by atoms with van der Waals surface area (Å²) in [6.07, 6.45) is 0. The summed E-state index contributed by atoms with van der Waals surface area (Å²) in [5, 5.41) is 7.42. The van der Waals surface area contributed by atoms with Gasteiger partial charge in [0.1, 0.15) is 18.0 Å². The second kappa shape index (κ2) is 9.02. The van der Waals surface area contributed by atoms with Gasteiger partial charge in [0.15, 0.2) is 0 Å². The Morgan fingerprint density at radius 2 is 1.78 bits per heavy atom. The molecule has 0 saturated heterocycles. The first-order valence-electron chi connectivity index (χ1n) is 9.88. The lowest BCUT2D eigenvalue weighted by molar-refractivity contribution is -0.116.